The van der Waals surface area contributed by atoms with E-state index in [0.29, 0.717) is 33.9 Å². The van der Waals surface area contributed by atoms with Crippen LogP contribution in [0.3, 0.4) is 0 Å². The summed E-state index contributed by atoms with van der Waals surface area (Å²) >= 11 is 6.34. The average molecular weight is 439 g/mol. The smallest absolute Gasteiger partial charge is 0.340 e. The Kier molecular flexibility index (Phi) is 5.82. The molecule has 0 fully saturated rings. The standard InChI is InChI=1S/C21H22ClF3N4O/c1-12-7-15-18(28-19(12)27-17(30)8-20(2,3)4)14(22)11-29(15)10-13-5-6-16(26-9-13)21(23,24)25/h5-7,9,11H,8,10H2,1-4H3,(H,27,28,30). The number of rotatable bonds is 4. The predicted octanol–water partition coefficient (Wildman–Crippen LogP) is 5.83. The fourth-order valence-electron chi connectivity index (χ4n) is 3.06. The Balaban J connectivity index is 1.88. The van der Waals surface area contributed by atoms with Crippen LogP contribution in [-0.4, -0.2) is 20.4 Å². The van der Waals surface area contributed by atoms with E-state index in [0.717, 1.165) is 11.6 Å². The number of fused-ring (bicyclic) bond motifs is 1. The van der Waals surface area contributed by atoms with Crippen molar-refractivity contribution in [3.05, 3.63) is 52.4 Å². The van der Waals surface area contributed by atoms with Crippen LogP contribution in [0.25, 0.3) is 11.0 Å². The van der Waals surface area contributed by atoms with Crippen LogP contribution in [0.15, 0.2) is 30.6 Å². The molecule has 0 unspecified atom stereocenters. The second-order valence-corrected chi connectivity index (χ2v) is 8.87. The minimum atomic E-state index is -4.48. The zero-order chi connectivity index (χ0) is 22.3. The van der Waals surface area contributed by atoms with Crippen molar-refractivity contribution >= 4 is 34.4 Å². The fourth-order valence-corrected chi connectivity index (χ4v) is 3.32. The van der Waals surface area contributed by atoms with Gasteiger partial charge in [-0.25, -0.2) is 4.98 Å². The molecular weight excluding hydrogens is 417 g/mol. The van der Waals surface area contributed by atoms with Crippen LogP contribution in [-0.2, 0) is 17.5 Å². The molecule has 0 radical (unpaired) electrons. The summed E-state index contributed by atoms with van der Waals surface area (Å²) in [5.41, 5.74) is 1.48. The Hall–Kier alpha value is -2.61. The number of nitrogens with zero attached hydrogens (tertiary/aromatic N) is 3. The number of hydrogen-bond donors (Lipinski definition) is 1. The highest BCUT2D eigenvalue weighted by molar-refractivity contribution is 6.35. The van der Waals surface area contributed by atoms with Gasteiger partial charge in [0, 0.05) is 25.4 Å². The maximum Gasteiger partial charge on any atom is 0.433 e. The lowest BCUT2D eigenvalue weighted by Gasteiger charge is -2.17. The first-order valence-corrected chi connectivity index (χ1v) is 9.69. The maximum absolute atomic E-state index is 12.7. The highest BCUT2D eigenvalue weighted by Crippen LogP contribution is 2.30. The number of halogens is 4. The molecule has 5 nitrogen and oxygen atoms in total. The number of pyridine rings is 2. The van der Waals surface area contributed by atoms with Gasteiger partial charge in [-0.3, -0.25) is 9.78 Å². The minimum absolute atomic E-state index is 0.135. The van der Waals surface area contributed by atoms with E-state index in [1.54, 1.807) is 10.8 Å². The summed E-state index contributed by atoms with van der Waals surface area (Å²) in [5.74, 6) is 0.302. The molecular formula is C21H22ClF3N4O. The van der Waals surface area contributed by atoms with Gasteiger partial charge in [-0.2, -0.15) is 13.2 Å². The number of nitrogens with one attached hydrogen (secondary N) is 1. The molecule has 0 aliphatic rings. The SMILES string of the molecule is Cc1cc2c(nc1NC(=O)CC(C)(C)C)c(Cl)cn2Cc1ccc(C(F)(F)F)nc1. The Morgan fingerprint density at radius 1 is 1.23 bits per heavy atom. The van der Waals surface area contributed by atoms with Crippen LogP contribution >= 0.6 is 11.6 Å². The van der Waals surface area contributed by atoms with Crippen LogP contribution in [0.1, 0.15) is 44.0 Å². The highest BCUT2D eigenvalue weighted by atomic mass is 35.5. The quantitative estimate of drug-likeness (QED) is 0.557. The lowest BCUT2D eigenvalue weighted by Crippen LogP contribution is -2.20. The monoisotopic (exact) mass is 438 g/mol. The first-order chi connectivity index (χ1) is 13.8. The fraction of sp³-hybridized carbons (Fsp3) is 0.381. The van der Waals surface area contributed by atoms with Crippen molar-refractivity contribution in [2.24, 2.45) is 5.41 Å². The van der Waals surface area contributed by atoms with Crippen LogP contribution in [0.4, 0.5) is 19.0 Å². The largest absolute Gasteiger partial charge is 0.433 e. The summed E-state index contributed by atoms with van der Waals surface area (Å²) in [6, 6.07) is 4.18. The lowest BCUT2D eigenvalue weighted by atomic mass is 9.92. The van der Waals surface area contributed by atoms with Crippen molar-refractivity contribution in [1.29, 1.82) is 0 Å². The van der Waals surface area contributed by atoms with Crippen LogP contribution in [0.5, 0.6) is 0 Å². The zero-order valence-electron chi connectivity index (χ0n) is 17.1. The molecule has 0 atom stereocenters. The summed E-state index contributed by atoms with van der Waals surface area (Å²) in [4.78, 5) is 20.3. The topological polar surface area (TPSA) is 59.8 Å². The lowest BCUT2D eigenvalue weighted by molar-refractivity contribution is -0.141. The van der Waals surface area contributed by atoms with Gasteiger partial charge in [-0.05, 0) is 35.6 Å². The molecule has 1 N–H and O–H groups in total. The van der Waals surface area contributed by atoms with Crippen molar-refractivity contribution in [1.82, 2.24) is 14.5 Å². The third-order valence-corrected chi connectivity index (χ3v) is 4.69. The summed E-state index contributed by atoms with van der Waals surface area (Å²) < 4.78 is 39.9. The van der Waals surface area contributed by atoms with Crippen molar-refractivity contribution in [3.8, 4) is 0 Å². The number of hydrogen-bond acceptors (Lipinski definition) is 3. The van der Waals surface area contributed by atoms with Crippen molar-refractivity contribution in [3.63, 3.8) is 0 Å². The molecule has 3 rings (SSSR count). The molecule has 0 aromatic carbocycles. The number of anilines is 1. The van der Waals surface area contributed by atoms with Gasteiger partial charge in [0.2, 0.25) is 5.91 Å². The molecule has 0 aliphatic heterocycles. The van der Waals surface area contributed by atoms with Crippen molar-refractivity contribution < 1.29 is 18.0 Å². The molecule has 3 aromatic rings. The molecule has 30 heavy (non-hydrogen) atoms. The van der Waals surface area contributed by atoms with Crippen molar-refractivity contribution in [2.75, 3.05) is 5.32 Å². The molecule has 0 bridgehead atoms. The van der Waals surface area contributed by atoms with E-state index in [1.807, 2.05) is 33.8 Å². The van der Waals surface area contributed by atoms with Crippen LogP contribution < -0.4 is 5.32 Å². The predicted molar refractivity (Wildman–Crippen MR) is 111 cm³/mol. The number of aryl methyl sites for hydroxylation is 1. The van der Waals surface area contributed by atoms with Crippen LogP contribution in [0.2, 0.25) is 5.02 Å². The van der Waals surface area contributed by atoms with Crippen LogP contribution in [0, 0.1) is 12.3 Å². The summed E-state index contributed by atoms with van der Waals surface area (Å²) in [7, 11) is 0. The van der Waals surface area contributed by atoms with Gasteiger partial charge >= 0.3 is 6.18 Å². The van der Waals surface area contributed by atoms with E-state index in [4.69, 9.17) is 11.6 Å². The van der Waals surface area contributed by atoms with Gasteiger partial charge in [-0.15, -0.1) is 0 Å². The first kappa shape index (κ1) is 22.1. The third-order valence-electron chi connectivity index (χ3n) is 4.41. The molecule has 1 amide bonds. The van der Waals surface area contributed by atoms with Gasteiger partial charge in [0.15, 0.2) is 0 Å². The number of aromatic nitrogens is 3. The Morgan fingerprint density at radius 3 is 2.50 bits per heavy atom. The summed E-state index contributed by atoms with van der Waals surface area (Å²) in [6.45, 7) is 8.03. The Morgan fingerprint density at radius 2 is 1.93 bits per heavy atom. The van der Waals surface area contributed by atoms with E-state index < -0.39 is 11.9 Å². The molecule has 0 spiro atoms. The molecule has 3 aromatic heterocycles. The second-order valence-electron chi connectivity index (χ2n) is 8.46. The van der Waals surface area contributed by atoms with Gasteiger partial charge < -0.3 is 9.88 Å². The second kappa shape index (κ2) is 7.91. The summed E-state index contributed by atoms with van der Waals surface area (Å²) in [6.07, 6.45) is -1.26. The van der Waals surface area contributed by atoms with Gasteiger partial charge in [0.1, 0.15) is 17.0 Å². The summed E-state index contributed by atoms with van der Waals surface area (Å²) in [5, 5.41) is 3.22. The van der Waals surface area contributed by atoms with E-state index >= 15 is 0 Å². The van der Waals surface area contributed by atoms with E-state index in [2.05, 4.69) is 15.3 Å². The van der Waals surface area contributed by atoms with Gasteiger partial charge in [-0.1, -0.05) is 38.4 Å². The first-order valence-electron chi connectivity index (χ1n) is 9.31. The molecule has 0 saturated heterocycles. The van der Waals surface area contributed by atoms with Gasteiger partial charge in [0.05, 0.1) is 10.5 Å². The minimum Gasteiger partial charge on any atom is -0.340 e. The van der Waals surface area contributed by atoms with E-state index in [1.165, 1.54) is 12.3 Å². The highest BCUT2D eigenvalue weighted by Gasteiger charge is 2.32. The van der Waals surface area contributed by atoms with Gasteiger partial charge in [0.25, 0.3) is 0 Å². The van der Waals surface area contributed by atoms with Crippen molar-refractivity contribution in [2.45, 2.75) is 46.8 Å². The molecule has 0 saturated carbocycles. The Labute approximate surface area is 177 Å². The molecule has 160 valence electrons. The molecule has 9 heteroatoms. The Bertz CT molecular complexity index is 1080. The molecule has 0 aliphatic carbocycles. The third kappa shape index (κ3) is 5.11. The molecule has 3 heterocycles. The number of carbonyl (C=O) groups is 1. The normalized spacial score (nSPS) is 12.4. The van der Waals surface area contributed by atoms with E-state index in [9.17, 15) is 18.0 Å². The average Bonchev–Trinajstić information content (AvgIpc) is 2.88. The number of amides is 1. The number of carbonyl (C=O) groups excluding carboxylic acids is 1. The zero-order valence-corrected chi connectivity index (χ0v) is 17.8. The number of alkyl halides is 3. The van der Waals surface area contributed by atoms with E-state index in [-0.39, 0.29) is 17.9 Å². The maximum atomic E-state index is 12.7.